The highest BCUT2D eigenvalue weighted by molar-refractivity contribution is 6.08. The number of hydrogen-bond acceptors (Lipinski definition) is 3. The third-order valence-electron chi connectivity index (χ3n) is 6.28. The molecule has 1 aliphatic carbocycles. The van der Waals surface area contributed by atoms with Gasteiger partial charge in [0.15, 0.2) is 0 Å². The monoisotopic (exact) mass is 416 g/mol. The number of anilines is 1. The number of phenols is 1. The van der Waals surface area contributed by atoms with Gasteiger partial charge in [0, 0.05) is 28.6 Å². The summed E-state index contributed by atoms with van der Waals surface area (Å²) >= 11 is 0. The molecule has 4 rings (SSSR count). The standard InChI is InChI=1S/C26H28N2O3/c1-3-19(4-2)28(25(30)18-14-16-21(29)17-15-18)24-22-12-8-9-13-23(22)27(26(24)31)20-10-6-5-7-11-20/h3-4,8-9,12-17,20,24,29H,1,5-7,10-11H2,2H3/b19-4+. The number of para-hydroxylation sites is 1. The van der Waals surface area contributed by atoms with E-state index in [0.29, 0.717) is 11.3 Å². The van der Waals surface area contributed by atoms with Gasteiger partial charge in [-0.1, -0.05) is 50.1 Å². The fourth-order valence-corrected chi connectivity index (χ4v) is 4.77. The molecule has 1 N–H and O–H groups in total. The van der Waals surface area contributed by atoms with E-state index < -0.39 is 6.04 Å². The van der Waals surface area contributed by atoms with Gasteiger partial charge < -0.3 is 10.0 Å². The van der Waals surface area contributed by atoms with E-state index in [9.17, 15) is 14.7 Å². The fourth-order valence-electron chi connectivity index (χ4n) is 4.77. The van der Waals surface area contributed by atoms with Crippen LogP contribution in [0.2, 0.25) is 0 Å². The average molecular weight is 417 g/mol. The van der Waals surface area contributed by atoms with Crippen molar-refractivity contribution in [2.24, 2.45) is 0 Å². The Morgan fingerprint density at radius 1 is 1.10 bits per heavy atom. The summed E-state index contributed by atoms with van der Waals surface area (Å²) in [5.41, 5.74) is 2.72. The Bertz CT molecular complexity index is 1020. The lowest BCUT2D eigenvalue weighted by molar-refractivity contribution is -0.122. The molecule has 160 valence electrons. The maximum absolute atomic E-state index is 13.9. The summed E-state index contributed by atoms with van der Waals surface area (Å²) in [5, 5.41) is 9.63. The van der Waals surface area contributed by atoms with Gasteiger partial charge in [0.2, 0.25) is 0 Å². The lowest BCUT2D eigenvalue weighted by Gasteiger charge is -2.33. The highest BCUT2D eigenvalue weighted by Crippen LogP contribution is 2.44. The number of phenolic OH excluding ortho intramolecular Hbond substituents is 1. The van der Waals surface area contributed by atoms with Gasteiger partial charge in [0.1, 0.15) is 11.8 Å². The smallest absolute Gasteiger partial charge is 0.259 e. The minimum Gasteiger partial charge on any atom is -0.508 e. The summed E-state index contributed by atoms with van der Waals surface area (Å²) in [5.74, 6) is -0.281. The van der Waals surface area contributed by atoms with Gasteiger partial charge in [-0.25, -0.2) is 0 Å². The molecule has 1 atom stereocenters. The molecule has 2 aromatic rings. The topological polar surface area (TPSA) is 60.9 Å². The predicted molar refractivity (Wildman–Crippen MR) is 122 cm³/mol. The minimum atomic E-state index is -0.747. The van der Waals surface area contributed by atoms with Crippen molar-refractivity contribution in [3.8, 4) is 5.75 Å². The zero-order valence-electron chi connectivity index (χ0n) is 17.8. The molecule has 1 unspecified atom stereocenters. The number of aromatic hydroxyl groups is 1. The number of amides is 2. The van der Waals surface area contributed by atoms with Crippen LogP contribution in [0, 0.1) is 0 Å². The lowest BCUT2D eigenvalue weighted by Crippen LogP contribution is -2.44. The molecule has 2 aliphatic rings. The van der Waals surface area contributed by atoms with Crippen molar-refractivity contribution in [1.82, 2.24) is 4.90 Å². The Kier molecular flexibility index (Phi) is 5.94. The van der Waals surface area contributed by atoms with Crippen molar-refractivity contribution in [1.29, 1.82) is 0 Å². The van der Waals surface area contributed by atoms with Crippen LogP contribution in [0.15, 0.2) is 73.0 Å². The molecule has 1 saturated carbocycles. The lowest BCUT2D eigenvalue weighted by atomic mass is 9.94. The van der Waals surface area contributed by atoms with Crippen molar-refractivity contribution in [2.75, 3.05) is 4.90 Å². The molecule has 0 spiro atoms. The first-order valence-corrected chi connectivity index (χ1v) is 10.9. The number of allylic oxidation sites excluding steroid dienone is 2. The molecule has 0 bridgehead atoms. The number of carbonyl (C=O) groups is 2. The Hall–Kier alpha value is -3.34. The van der Waals surface area contributed by atoms with Crippen LogP contribution in [0.4, 0.5) is 5.69 Å². The molecule has 1 aliphatic heterocycles. The summed E-state index contributed by atoms with van der Waals surface area (Å²) in [6, 6.07) is 13.3. The molecular weight excluding hydrogens is 388 g/mol. The van der Waals surface area contributed by atoms with Gasteiger partial charge in [-0.3, -0.25) is 14.5 Å². The number of rotatable bonds is 5. The van der Waals surface area contributed by atoms with Crippen LogP contribution in [0.25, 0.3) is 0 Å². The van der Waals surface area contributed by atoms with Gasteiger partial charge in [-0.05, 0) is 56.2 Å². The molecule has 1 heterocycles. The van der Waals surface area contributed by atoms with E-state index in [0.717, 1.165) is 36.9 Å². The SMILES string of the molecule is C=C/C(=C\C)N(C(=O)c1ccc(O)cc1)C1C(=O)N(C2CCCCC2)c2ccccc21. The van der Waals surface area contributed by atoms with Gasteiger partial charge >= 0.3 is 0 Å². The predicted octanol–water partition coefficient (Wildman–Crippen LogP) is 5.34. The van der Waals surface area contributed by atoms with E-state index >= 15 is 0 Å². The Balaban J connectivity index is 1.80. The summed E-state index contributed by atoms with van der Waals surface area (Å²) in [7, 11) is 0. The summed E-state index contributed by atoms with van der Waals surface area (Å²) in [6.07, 6.45) is 8.80. The van der Waals surface area contributed by atoms with Gasteiger partial charge in [-0.15, -0.1) is 0 Å². The number of fused-ring (bicyclic) bond motifs is 1. The Morgan fingerprint density at radius 3 is 2.42 bits per heavy atom. The van der Waals surface area contributed by atoms with E-state index in [1.165, 1.54) is 18.6 Å². The molecule has 5 nitrogen and oxygen atoms in total. The van der Waals surface area contributed by atoms with Crippen LogP contribution < -0.4 is 4.90 Å². The van der Waals surface area contributed by atoms with Crippen LogP contribution in [-0.4, -0.2) is 27.9 Å². The fraction of sp³-hybridized carbons (Fsp3) is 0.308. The van der Waals surface area contributed by atoms with Crippen LogP contribution in [0.1, 0.15) is 61.0 Å². The molecule has 0 saturated heterocycles. The van der Waals surface area contributed by atoms with E-state index in [2.05, 4.69) is 6.58 Å². The highest BCUT2D eigenvalue weighted by Gasteiger charge is 2.46. The molecule has 2 aromatic carbocycles. The maximum Gasteiger partial charge on any atom is 0.259 e. The third kappa shape index (κ3) is 3.76. The number of benzene rings is 2. The van der Waals surface area contributed by atoms with Crippen LogP contribution in [0.3, 0.4) is 0 Å². The van der Waals surface area contributed by atoms with E-state index in [1.54, 1.807) is 29.2 Å². The first-order valence-electron chi connectivity index (χ1n) is 10.9. The van der Waals surface area contributed by atoms with Crippen LogP contribution in [-0.2, 0) is 4.79 Å². The average Bonchev–Trinajstić information content (AvgIpc) is 3.09. The zero-order chi connectivity index (χ0) is 22.0. The van der Waals surface area contributed by atoms with E-state index in [4.69, 9.17) is 0 Å². The largest absolute Gasteiger partial charge is 0.508 e. The van der Waals surface area contributed by atoms with Gasteiger partial charge in [0.05, 0.1) is 0 Å². The second-order valence-electron chi connectivity index (χ2n) is 8.10. The van der Waals surface area contributed by atoms with Gasteiger partial charge in [0.25, 0.3) is 11.8 Å². The Labute approximate surface area is 183 Å². The third-order valence-corrected chi connectivity index (χ3v) is 6.28. The minimum absolute atomic E-state index is 0.0681. The summed E-state index contributed by atoms with van der Waals surface area (Å²) < 4.78 is 0. The first kappa shape index (κ1) is 20.9. The van der Waals surface area contributed by atoms with Crippen molar-refractivity contribution in [3.63, 3.8) is 0 Å². The molecule has 0 aromatic heterocycles. The molecule has 5 heteroatoms. The van der Waals surface area contributed by atoms with Crippen LogP contribution >= 0.6 is 0 Å². The van der Waals surface area contributed by atoms with Crippen molar-refractivity contribution in [3.05, 3.63) is 84.1 Å². The normalized spacial score (nSPS) is 19.3. The molecular formula is C26H28N2O3. The quantitative estimate of drug-likeness (QED) is 0.669. The second-order valence-corrected chi connectivity index (χ2v) is 8.10. The summed E-state index contributed by atoms with van der Waals surface area (Å²) in [6.45, 7) is 5.71. The summed E-state index contributed by atoms with van der Waals surface area (Å²) in [4.78, 5) is 31.0. The van der Waals surface area contributed by atoms with Gasteiger partial charge in [-0.2, -0.15) is 0 Å². The van der Waals surface area contributed by atoms with Crippen molar-refractivity contribution < 1.29 is 14.7 Å². The number of carbonyl (C=O) groups excluding carboxylic acids is 2. The van der Waals surface area contributed by atoms with Crippen LogP contribution in [0.5, 0.6) is 5.75 Å². The maximum atomic E-state index is 13.9. The number of nitrogens with zero attached hydrogens (tertiary/aromatic N) is 2. The first-order chi connectivity index (χ1) is 15.1. The second kappa shape index (κ2) is 8.80. The molecule has 31 heavy (non-hydrogen) atoms. The highest BCUT2D eigenvalue weighted by atomic mass is 16.3. The van der Waals surface area contributed by atoms with E-state index in [1.807, 2.05) is 36.1 Å². The molecule has 2 amide bonds. The molecule has 1 fully saturated rings. The number of hydrogen-bond donors (Lipinski definition) is 1. The molecule has 0 radical (unpaired) electrons. The zero-order valence-corrected chi connectivity index (χ0v) is 17.8. The van der Waals surface area contributed by atoms with Crippen molar-refractivity contribution in [2.45, 2.75) is 51.1 Å². The Morgan fingerprint density at radius 2 is 1.77 bits per heavy atom. The van der Waals surface area contributed by atoms with E-state index in [-0.39, 0.29) is 23.6 Å². The van der Waals surface area contributed by atoms with Crippen molar-refractivity contribution >= 4 is 17.5 Å².